The molecule has 0 radical (unpaired) electrons. The molecular weight excluding hydrogens is 328 g/mol. The van der Waals surface area contributed by atoms with Gasteiger partial charge in [0, 0.05) is 10.8 Å². The Bertz CT molecular complexity index is 688. The SMILES string of the molecule is C=CS(=O)(=O)CC(O)c1cccc(C(O)CS(=O)(=O)C=C)c1. The van der Waals surface area contributed by atoms with Gasteiger partial charge in [0.25, 0.3) is 0 Å². The smallest absolute Gasteiger partial charge is 0.173 e. The highest BCUT2D eigenvalue weighted by molar-refractivity contribution is 7.94. The molecule has 0 amide bonds. The van der Waals surface area contributed by atoms with Crippen LogP contribution in [0.1, 0.15) is 23.3 Å². The van der Waals surface area contributed by atoms with Crippen LogP contribution >= 0.6 is 0 Å². The Balaban J connectivity index is 2.99. The molecule has 6 nitrogen and oxygen atoms in total. The molecule has 1 aromatic carbocycles. The highest BCUT2D eigenvalue weighted by Crippen LogP contribution is 2.22. The Morgan fingerprint density at radius 1 is 0.909 bits per heavy atom. The fourth-order valence-electron chi connectivity index (χ4n) is 1.74. The minimum Gasteiger partial charge on any atom is -0.387 e. The van der Waals surface area contributed by atoms with Gasteiger partial charge in [-0.05, 0) is 11.1 Å². The van der Waals surface area contributed by atoms with Crippen molar-refractivity contribution in [3.05, 3.63) is 59.4 Å². The lowest BCUT2D eigenvalue weighted by Gasteiger charge is -2.14. The van der Waals surface area contributed by atoms with Crippen molar-refractivity contribution in [2.75, 3.05) is 11.5 Å². The van der Waals surface area contributed by atoms with Crippen molar-refractivity contribution in [3.8, 4) is 0 Å². The van der Waals surface area contributed by atoms with Gasteiger partial charge in [0.2, 0.25) is 0 Å². The van der Waals surface area contributed by atoms with Gasteiger partial charge >= 0.3 is 0 Å². The van der Waals surface area contributed by atoms with Crippen molar-refractivity contribution < 1.29 is 27.0 Å². The molecule has 0 saturated carbocycles. The van der Waals surface area contributed by atoms with Gasteiger partial charge in [-0.2, -0.15) is 0 Å². The van der Waals surface area contributed by atoms with Crippen molar-refractivity contribution in [2.45, 2.75) is 12.2 Å². The van der Waals surface area contributed by atoms with Gasteiger partial charge in [-0.25, -0.2) is 16.8 Å². The van der Waals surface area contributed by atoms with E-state index in [2.05, 4.69) is 13.2 Å². The van der Waals surface area contributed by atoms with E-state index in [1.807, 2.05) is 0 Å². The predicted octanol–water partition coefficient (Wildman–Crippen LogP) is 0.870. The molecule has 0 fully saturated rings. The summed E-state index contributed by atoms with van der Waals surface area (Å²) in [5.41, 5.74) is 0.524. The summed E-state index contributed by atoms with van der Waals surface area (Å²) in [7, 11) is -7.18. The maximum absolute atomic E-state index is 11.4. The fraction of sp³-hybridized carbons (Fsp3) is 0.286. The first-order chi connectivity index (χ1) is 10.1. The highest BCUT2D eigenvalue weighted by Gasteiger charge is 2.19. The van der Waals surface area contributed by atoms with E-state index in [0.717, 1.165) is 10.8 Å². The zero-order chi connectivity index (χ0) is 17.0. The van der Waals surface area contributed by atoms with E-state index >= 15 is 0 Å². The van der Waals surface area contributed by atoms with Gasteiger partial charge in [0.15, 0.2) is 19.7 Å². The molecule has 0 aromatic heterocycles. The van der Waals surface area contributed by atoms with Crippen LogP contribution in [0, 0.1) is 0 Å². The monoisotopic (exact) mass is 346 g/mol. The molecule has 1 rings (SSSR count). The summed E-state index contributed by atoms with van der Waals surface area (Å²) in [6.45, 7) is 6.32. The standard InChI is InChI=1S/C14H18O6S2/c1-3-21(17,18)9-13(15)11-6-5-7-12(8-11)14(16)10-22(19,20)4-2/h3-8,13-16H,1-2,9-10H2. The predicted molar refractivity (Wildman–Crippen MR) is 84.3 cm³/mol. The maximum Gasteiger partial charge on any atom is 0.173 e. The topological polar surface area (TPSA) is 109 Å². The number of hydrogen-bond donors (Lipinski definition) is 2. The Hall–Kier alpha value is -1.48. The molecule has 0 aliphatic carbocycles. The molecule has 2 N–H and O–H groups in total. The Morgan fingerprint density at radius 3 is 1.59 bits per heavy atom. The average molecular weight is 346 g/mol. The second-order valence-corrected chi connectivity index (χ2v) is 8.68. The Morgan fingerprint density at radius 2 is 1.27 bits per heavy atom. The summed E-state index contributed by atoms with van der Waals surface area (Å²) >= 11 is 0. The van der Waals surface area contributed by atoms with Crippen molar-refractivity contribution in [3.63, 3.8) is 0 Å². The summed E-state index contributed by atoms with van der Waals surface area (Å²) in [4.78, 5) is 0. The second kappa shape index (κ2) is 7.19. The quantitative estimate of drug-likeness (QED) is 0.723. The molecule has 0 aliphatic rings. The molecular formula is C14H18O6S2. The molecule has 2 unspecified atom stereocenters. The molecule has 22 heavy (non-hydrogen) atoms. The van der Waals surface area contributed by atoms with Gasteiger partial charge in [-0.15, -0.1) is 0 Å². The van der Waals surface area contributed by atoms with Crippen molar-refractivity contribution in [1.29, 1.82) is 0 Å². The third kappa shape index (κ3) is 5.38. The second-order valence-electron chi connectivity index (χ2n) is 4.69. The molecule has 8 heteroatoms. The Kier molecular flexibility index (Phi) is 6.07. The highest BCUT2D eigenvalue weighted by atomic mass is 32.2. The van der Waals surface area contributed by atoms with Crippen LogP contribution in [0.15, 0.2) is 48.2 Å². The van der Waals surface area contributed by atoms with Gasteiger partial charge in [-0.1, -0.05) is 37.4 Å². The third-order valence-electron chi connectivity index (χ3n) is 2.97. The first-order valence-electron chi connectivity index (χ1n) is 6.26. The van der Waals surface area contributed by atoms with Crippen LogP contribution in [0.2, 0.25) is 0 Å². The van der Waals surface area contributed by atoms with E-state index < -0.39 is 43.4 Å². The van der Waals surface area contributed by atoms with E-state index in [0.29, 0.717) is 0 Å². The van der Waals surface area contributed by atoms with Crippen molar-refractivity contribution in [2.24, 2.45) is 0 Å². The third-order valence-corrected chi connectivity index (χ3v) is 5.54. The lowest BCUT2D eigenvalue weighted by atomic mass is 10.0. The summed E-state index contributed by atoms with van der Waals surface area (Å²) in [5, 5.41) is 21.4. The molecule has 0 spiro atoms. The molecule has 1 aromatic rings. The van der Waals surface area contributed by atoms with Crippen LogP contribution < -0.4 is 0 Å². The van der Waals surface area contributed by atoms with Gasteiger partial charge in [-0.3, -0.25) is 0 Å². The molecule has 0 heterocycles. The van der Waals surface area contributed by atoms with E-state index in [1.54, 1.807) is 0 Å². The van der Waals surface area contributed by atoms with Crippen LogP contribution in [-0.2, 0) is 19.7 Å². The van der Waals surface area contributed by atoms with Crippen molar-refractivity contribution >= 4 is 19.7 Å². The summed E-state index contributed by atoms with van der Waals surface area (Å²) in [6.07, 6.45) is -2.60. The van der Waals surface area contributed by atoms with E-state index in [1.165, 1.54) is 24.3 Å². The van der Waals surface area contributed by atoms with Gasteiger partial charge in [0.05, 0.1) is 23.7 Å². The number of benzene rings is 1. The molecule has 122 valence electrons. The fourth-order valence-corrected chi connectivity index (χ4v) is 3.28. The first kappa shape index (κ1) is 18.6. The molecule has 0 aliphatic heterocycles. The summed E-state index contributed by atoms with van der Waals surface area (Å²) in [6, 6.07) is 5.84. The van der Waals surface area contributed by atoms with Crippen LogP contribution in [-0.4, -0.2) is 38.6 Å². The molecule has 0 bridgehead atoms. The lowest BCUT2D eigenvalue weighted by molar-refractivity contribution is 0.195. The lowest BCUT2D eigenvalue weighted by Crippen LogP contribution is -2.14. The maximum atomic E-state index is 11.4. The van der Waals surface area contributed by atoms with Crippen LogP contribution in [0.25, 0.3) is 0 Å². The van der Waals surface area contributed by atoms with E-state index in [9.17, 15) is 27.0 Å². The zero-order valence-corrected chi connectivity index (χ0v) is 13.4. The minimum atomic E-state index is -3.59. The van der Waals surface area contributed by atoms with Crippen LogP contribution in [0.3, 0.4) is 0 Å². The van der Waals surface area contributed by atoms with Crippen LogP contribution in [0.4, 0.5) is 0 Å². The number of aliphatic hydroxyl groups is 2. The minimum absolute atomic E-state index is 0.262. The first-order valence-corrected chi connectivity index (χ1v) is 9.69. The number of aliphatic hydroxyl groups excluding tert-OH is 2. The molecule has 0 saturated heterocycles. The normalized spacial score (nSPS) is 15.0. The average Bonchev–Trinajstić information content (AvgIpc) is 2.46. The van der Waals surface area contributed by atoms with Gasteiger partial charge in [0.1, 0.15) is 0 Å². The largest absolute Gasteiger partial charge is 0.387 e. The van der Waals surface area contributed by atoms with E-state index in [4.69, 9.17) is 0 Å². The summed E-state index contributed by atoms with van der Waals surface area (Å²) in [5.74, 6) is -1.08. The number of hydrogen-bond acceptors (Lipinski definition) is 6. The van der Waals surface area contributed by atoms with Crippen molar-refractivity contribution in [1.82, 2.24) is 0 Å². The number of rotatable bonds is 8. The molecule has 2 atom stereocenters. The summed E-state index contributed by atoms with van der Waals surface area (Å²) < 4.78 is 45.6. The number of sulfone groups is 2. The zero-order valence-electron chi connectivity index (χ0n) is 11.8. The van der Waals surface area contributed by atoms with Crippen LogP contribution in [0.5, 0.6) is 0 Å². The van der Waals surface area contributed by atoms with E-state index in [-0.39, 0.29) is 11.1 Å². The van der Waals surface area contributed by atoms with Gasteiger partial charge < -0.3 is 10.2 Å². The Labute approximate surface area is 130 Å².